The van der Waals surface area contributed by atoms with E-state index < -0.39 is 5.97 Å². The van der Waals surface area contributed by atoms with E-state index in [1.807, 2.05) is 6.26 Å². The molecule has 1 aliphatic rings. The zero-order chi connectivity index (χ0) is 9.84. The van der Waals surface area contributed by atoms with Crippen molar-refractivity contribution in [2.45, 2.75) is 32.6 Å². The summed E-state index contributed by atoms with van der Waals surface area (Å²) in [5.74, 6) is 0.0242. The molecule has 0 radical (unpaired) electrons. The molecule has 0 aromatic rings. The van der Waals surface area contributed by atoms with Gasteiger partial charge >= 0.3 is 5.97 Å². The van der Waals surface area contributed by atoms with E-state index in [9.17, 15) is 4.79 Å². The first-order valence-corrected chi connectivity index (χ1v) is 5.82. The molecule has 74 valence electrons. The highest BCUT2D eigenvalue weighted by atomic mass is 32.2. The normalized spacial score (nSPS) is 23.4. The molecular weight excluding hydrogens is 184 g/mol. The Bertz CT molecular complexity index is 233. The molecule has 0 aromatic carbocycles. The SMILES string of the molecule is CSC1=C(CC(=O)O)CCC(C)C1. The first-order chi connectivity index (χ1) is 6.13. The van der Waals surface area contributed by atoms with Crippen molar-refractivity contribution in [2.24, 2.45) is 5.92 Å². The van der Waals surface area contributed by atoms with Gasteiger partial charge in [0, 0.05) is 0 Å². The van der Waals surface area contributed by atoms with Crippen LogP contribution in [0.3, 0.4) is 0 Å². The summed E-state index contributed by atoms with van der Waals surface area (Å²) in [5, 5.41) is 8.70. The van der Waals surface area contributed by atoms with Crippen LogP contribution in [0.2, 0.25) is 0 Å². The van der Waals surface area contributed by atoms with Crippen LogP contribution in [0, 0.1) is 5.92 Å². The lowest BCUT2D eigenvalue weighted by Gasteiger charge is -2.22. The number of allylic oxidation sites excluding steroid dienone is 1. The van der Waals surface area contributed by atoms with E-state index in [-0.39, 0.29) is 6.42 Å². The third-order valence-electron chi connectivity index (χ3n) is 2.48. The van der Waals surface area contributed by atoms with Gasteiger partial charge in [0.15, 0.2) is 0 Å². The summed E-state index contributed by atoms with van der Waals surface area (Å²) in [6.45, 7) is 2.23. The highest BCUT2D eigenvalue weighted by Crippen LogP contribution is 2.35. The Morgan fingerprint density at radius 3 is 2.92 bits per heavy atom. The van der Waals surface area contributed by atoms with Crippen LogP contribution >= 0.6 is 11.8 Å². The monoisotopic (exact) mass is 200 g/mol. The smallest absolute Gasteiger partial charge is 0.307 e. The molecule has 0 bridgehead atoms. The van der Waals surface area contributed by atoms with Crippen LogP contribution in [-0.4, -0.2) is 17.3 Å². The zero-order valence-corrected chi connectivity index (χ0v) is 8.99. The maximum Gasteiger partial charge on any atom is 0.307 e. The molecule has 1 N–H and O–H groups in total. The van der Waals surface area contributed by atoms with E-state index in [1.165, 1.54) is 4.91 Å². The number of hydrogen-bond acceptors (Lipinski definition) is 2. The fraction of sp³-hybridized carbons (Fsp3) is 0.700. The predicted octanol–water partition coefficient (Wildman–Crippen LogP) is 2.90. The summed E-state index contributed by atoms with van der Waals surface area (Å²) in [6.07, 6.45) is 5.47. The maximum absolute atomic E-state index is 10.6. The molecule has 0 aromatic heterocycles. The number of aliphatic carboxylic acids is 1. The highest BCUT2D eigenvalue weighted by molar-refractivity contribution is 8.02. The van der Waals surface area contributed by atoms with Gasteiger partial charge < -0.3 is 5.11 Å². The lowest BCUT2D eigenvalue weighted by molar-refractivity contribution is -0.136. The molecule has 2 nitrogen and oxygen atoms in total. The summed E-state index contributed by atoms with van der Waals surface area (Å²) in [4.78, 5) is 11.9. The number of rotatable bonds is 3. The van der Waals surface area contributed by atoms with Crippen molar-refractivity contribution in [1.29, 1.82) is 0 Å². The fourth-order valence-corrected chi connectivity index (χ4v) is 2.63. The Balaban J connectivity index is 2.70. The van der Waals surface area contributed by atoms with Crippen LogP contribution < -0.4 is 0 Å². The van der Waals surface area contributed by atoms with E-state index in [0.717, 1.165) is 30.8 Å². The Hall–Kier alpha value is -0.440. The van der Waals surface area contributed by atoms with Gasteiger partial charge in [0.05, 0.1) is 6.42 Å². The molecule has 0 fully saturated rings. The van der Waals surface area contributed by atoms with Crippen LogP contribution in [0.25, 0.3) is 0 Å². The molecule has 1 aliphatic carbocycles. The number of carboxylic acid groups (broad SMARTS) is 1. The molecule has 0 aliphatic heterocycles. The third kappa shape index (κ3) is 3.07. The summed E-state index contributed by atoms with van der Waals surface area (Å²) in [6, 6.07) is 0. The zero-order valence-electron chi connectivity index (χ0n) is 8.17. The lowest BCUT2D eigenvalue weighted by Crippen LogP contribution is -2.09. The van der Waals surface area contributed by atoms with Crippen LogP contribution in [0.4, 0.5) is 0 Å². The molecule has 0 heterocycles. The van der Waals surface area contributed by atoms with Gasteiger partial charge in [0.2, 0.25) is 0 Å². The number of carboxylic acids is 1. The second kappa shape index (κ2) is 4.70. The average molecular weight is 200 g/mol. The minimum absolute atomic E-state index is 0.239. The van der Waals surface area contributed by atoms with Crippen molar-refractivity contribution in [2.75, 3.05) is 6.26 Å². The van der Waals surface area contributed by atoms with Crippen molar-refractivity contribution in [3.05, 3.63) is 10.5 Å². The number of hydrogen-bond donors (Lipinski definition) is 1. The quantitative estimate of drug-likeness (QED) is 0.761. The third-order valence-corrected chi connectivity index (χ3v) is 3.43. The summed E-state index contributed by atoms with van der Waals surface area (Å²) >= 11 is 1.72. The predicted molar refractivity (Wildman–Crippen MR) is 55.8 cm³/mol. The first-order valence-electron chi connectivity index (χ1n) is 4.60. The summed E-state index contributed by atoms with van der Waals surface area (Å²) in [7, 11) is 0. The largest absolute Gasteiger partial charge is 0.481 e. The lowest BCUT2D eigenvalue weighted by atomic mass is 9.89. The van der Waals surface area contributed by atoms with Gasteiger partial charge in [0.1, 0.15) is 0 Å². The fourth-order valence-electron chi connectivity index (χ4n) is 1.72. The standard InChI is InChI=1S/C10H16O2S/c1-7-3-4-8(6-10(11)12)9(5-7)13-2/h7H,3-6H2,1-2H3,(H,11,12). The molecule has 0 saturated carbocycles. The molecular formula is C10H16O2S. The first kappa shape index (κ1) is 10.6. The van der Waals surface area contributed by atoms with Gasteiger partial charge in [-0.1, -0.05) is 6.92 Å². The second-order valence-electron chi connectivity index (χ2n) is 3.65. The van der Waals surface area contributed by atoms with Gasteiger partial charge in [-0.2, -0.15) is 0 Å². The van der Waals surface area contributed by atoms with E-state index >= 15 is 0 Å². The van der Waals surface area contributed by atoms with Gasteiger partial charge in [-0.05, 0) is 41.9 Å². The Kier molecular flexibility index (Phi) is 3.85. The molecule has 1 rings (SSSR count). The summed E-state index contributed by atoms with van der Waals surface area (Å²) in [5.41, 5.74) is 1.15. The molecule has 0 spiro atoms. The second-order valence-corrected chi connectivity index (χ2v) is 4.55. The van der Waals surface area contributed by atoms with Crippen molar-refractivity contribution >= 4 is 17.7 Å². The Labute approximate surface area is 83.4 Å². The summed E-state index contributed by atoms with van der Waals surface area (Å²) < 4.78 is 0. The molecule has 13 heavy (non-hydrogen) atoms. The van der Waals surface area contributed by atoms with Crippen molar-refractivity contribution in [3.63, 3.8) is 0 Å². The van der Waals surface area contributed by atoms with Gasteiger partial charge in [-0.3, -0.25) is 4.79 Å². The van der Waals surface area contributed by atoms with E-state index in [1.54, 1.807) is 11.8 Å². The molecule has 3 heteroatoms. The van der Waals surface area contributed by atoms with E-state index in [2.05, 4.69) is 6.92 Å². The van der Waals surface area contributed by atoms with Crippen LogP contribution in [0.1, 0.15) is 32.6 Å². The Morgan fingerprint density at radius 1 is 1.69 bits per heavy atom. The van der Waals surface area contributed by atoms with Crippen molar-refractivity contribution in [3.8, 4) is 0 Å². The topological polar surface area (TPSA) is 37.3 Å². The number of carbonyl (C=O) groups is 1. The molecule has 1 unspecified atom stereocenters. The molecule has 0 saturated heterocycles. The van der Waals surface area contributed by atoms with Crippen LogP contribution in [0.15, 0.2) is 10.5 Å². The van der Waals surface area contributed by atoms with E-state index in [4.69, 9.17) is 5.11 Å². The molecule has 0 amide bonds. The van der Waals surface area contributed by atoms with Crippen LogP contribution in [0.5, 0.6) is 0 Å². The Morgan fingerprint density at radius 2 is 2.38 bits per heavy atom. The van der Waals surface area contributed by atoms with Crippen molar-refractivity contribution < 1.29 is 9.90 Å². The molecule has 1 atom stereocenters. The van der Waals surface area contributed by atoms with Gasteiger partial charge in [-0.25, -0.2) is 0 Å². The highest BCUT2D eigenvalue weighted by Gasteiger charge is 2.18. The minimum atomic E-state index is -0.698. The average Bonchev–Trinajstić information content (AvgIpc) is 2.07. The van der Waals surface area contributed by atoms with Gasteiger partial charge in [0.25, 0.3) is 0 Å². The van der Waals surface area contributed by atoms with Gasteiger partial charge in [-0.15, -0.1) is 11.8 Å². The maximum atomic E-state index is 10.6. The minimum Gasteiger partial charge on any atom is -0.481 e. The van der Waals surface area contributed by atoms with E-state index in [0.29, 0.717) is 0 Å². The number of thioether (sulfide) groups is 1. The van der Waals surface area contributed by atoms with Crippen molar-refractivity contribution in [1.82, 2.24) is 0 Å². The van der Waals surface area contributed by atoms with Crippen LogP contribution in [-0.2, 0) is 4.79 Å².